The lowest BCUT2D eigenvalue weighted by molar-refractivity contribution is -0.123. The highest BCUT2D eigenvalue weighted by atomic mass is 79.9. The molecule has 0 saturated heterocycles. The minimum absolute atomic E-state index is 0.00987. The predicted octanol–water partition coefficient (Wildman–Crippen LogP) is 2.78. The van der Waals surface area contributed by atoms with Gasteiger partial charge < -0.3 is 4.74 Å². The lowest BCUT2D eigenvalue weighted by Gasteiger charge is -2.12. The molecular weight excluding hydrogens is 418 g/mol. The second-order valence-corrected chi connectivity index (χ2v) is 6.79. The fourth-order valence-corrected chi connectivity index (χ4v) is 2.40. The average Bonchev–Trinajstić information content (AvgIpc) is 2.61. The quantitative estimate of drug-likeness (QED) is 0.508. The molecule has 0 bridgehead atoms. The summed E-state index contributed by atoms with van der Waals surface area (Å²) in [7, 11) is 0. The van der Waals surface area contributed by atoms with Crippen LogP contribution in [0.5, 0.6) is 5.75 Å². The van der Waals surface area contributed by atoms with Crippen molar-refractivity contribution in [3.63, 3.8) is 0 Å². The Morgan fingerprint density at radius 3 is 2.58 bits per heavy atom. The van der Waals surface area contributed by atoms with Crippen molar-refractivity contribution in [2.24, 2.45) is 0 Å². The number of halogens is 1. The van der Waals surface area contributed by atoms with Crippen LogP contribution >= 0.6 is 28.1 Å². The SMILES string of the molecule is Cc1cccc(C(=O)NC(=S)NNC(=O)COc2ccc(Br)c(C)c2)c1. The molecule has 0 heterocycles. The smallest absolute Gasteiger partial charge is 0.276 e. The van der Waals surface area contributed by atoms with Gasteiger partial charge in [0.1, 0.15) is 5.75 Å². The van der Waals surface area contributed by atoms with Crippen LogP contribution in [0.4, 0.5) is 0 Å². The zero-order valence-electron chi connectivity index (χ0n) is 14.3. The van der Waals surface area contributed by atoms with E-state index in [0.717, 1.165) is 15.6 Å². The molecule has 0 unspecified atom stereocenters. The van der Waals surface area contributed by atoms with Crippen molar-refractivity contribution in [3.05, 3.63) is 63.6 Å². The number of thiocarbonyl (C=S) groups is 1. The van der Waals surface area contributed by atoms with Gasteiger partial charge in [-0.25, -0.2) is 0 Å². The highest BCUT2D eigenvalue weighted by molar-refractivity contribution is 9.10. The molecule has 0 spiro atoms. The van der Waals surface area contributed by atoms with Crippen LogP contribution in [-0.4, -0.2) is 23.5 Å². The Bertz CT molecular complexity index is 842. The van der Waals surface area contributed by atoms with Crippen molar-refractivity contribution in [1.82, 2.24) is 16.2 Å². The Kier molecular flexibility index (Phi) is 7.11. The van der Waals surface area contributed by atoms with Gasteiger partial charge in [0.05, 0.1) is 0 Å². The van der Waals surface area contributed by atoms with Gasteiger partial charge in [-0.15, -0.1) is 0 Å². The van der Waals surface area contributed by atoms with E-state index < -0.39 is 5.91 Å². The molecule has 8 heteroatoms. The van der Waals surface area contributed by atoms with Gasteiger partial charge in [-0.05, 0) is 62.0 Å². The molecule has 0 aromatic heterocycles. The molecule has 0 fully saturated rings. The van der Waals surface area contributed by atoms with Gasteiger partial charge in [0, 0.05) is 10.0 Å². The van der Waals surface area contributed by atoms with E-state index in [9.17, 15) is 9.59 Å². The average molecular weight is 436 g/mol. The summed E-state index contributed by atoms with van der Waals surface area (Å²) in [6.07, 6.45) is 0. The minimum Gasteiger partial charge on any atom is -0.484 e. The molecule has 0 aliphatic carbocycles. The number of carbonyl (C=O) groups excluding carboxylic acids is 2. The van der Waals surface area contributed by atoms with Crippen LogP contribution in [-0.2, 0) is 4.79 Å². The molecule has 26 heavy (non-hydrogen) atoms. The summed E-state index contributed by atoms with van der Waals surface area (Å²) in [5.41, 5.74) is 7.28. The number of nitrogens with one attached hydrogen (secondary N) is 3. The summed E-state index contributed by atoms with van der Waals surface area (Å²) in [5, 5.41) is 2.48. The number of amides is 2. The molecule has 2 aromatic rings. The highest BCUT2D eigenvalue weighted by Gasteiger charge is 2.09. The standard InChI is InChI=1S/C18H18BrN3O3S/c1-11-4-3-5-13(8-11)17(24)20-18(26)22-21-16(23)10-25-14-6-7-15(19)12(2)9-14/h3-9H,10H2,1-2H3,(H,21,23)(H2,20,22,24,26). The molecule has 2 aromatic carbocycles. The normalized spacial score (nSPS) is 9.96. The van der Waals surface area contributed by atoms with E-state index in [1.165, 1.54) is 0 Å². The maximum atomic E-state index is 12.0. The Morgan fingerprint density at radius 2 is 1.88 bits per heavy atom. The fraction of sp³-hybridized carbons (Fsp3) is 0.167. The van der Waals surface area contributed by atoms with Crippen molar-refractivity contribution in [2.75, 3.05) is 6.61 Å². The number of hydrogen-bond donors (Lipinski definition) is 3. The van der Waals surface area contributed by atoms with Crippen LogP contribution < -0.4 is 20.9 Å². The first kappa shape index (κ1) is 19.9. The number of rotatable bonds is 4. The molecule has 136 valence electrons. The minimum atomic E-state index is -0.433. The second-order valence-electron chi connectivity index (χ2n) is 5.53. The van der Waals surface area contributed by atoms with E-state index in [0.29, 0.717) is 11.3 Å². The van der Waals surface area contributed by atoms with Gasteiger partial charge in [-0.1, -0.05) is 33.6 Å². The third-order valence-corrected chi connectivity index (χ3v) is 4.42. The molecule has 0 atom stereocenters. The number of carbonyl (C=O) groups is 2. The molecular formula is C18H18BrN3O3S. The zero-order chi connectivity index (χ0) is 19.1. The summed E-state index contributed by atoms with van der Waals surface area (Å²) in [6.45, 7) is 3.62. The van der Waals surface area contributed by atoms with Crippen molar-refractivity contribution in [3.8, 4) is 5.75 Å². The van der Waals surface area contributed by atoms with Gasteiger partial charge in [-0.3, -0.25) is 25.8 Å². The van der Waals surface area contributed by atoms with Gasteiger partial charge in [0.15, 0.2) is 11.7 Å². The molecule has 0 saturated carbocycles. The summed E-state index contributed by atoms with van der Waals surface area (Å²) >= 11 is 8.38. The molecule has 2 amide bonds. The Labute approximate surface area is 165 Å². The first-order valence-corrected chi connectivity index (χ1v) is 8.91. The summed E-state index contributed by atoms with van der Waals surface area (Å²) in [5.74, 6) is -0.212. The van der Waals surface area contributed by atoms with E-state index in [1.54, 1.807) is 24.3 Å². The van der Waals surface area contributed by atoms with Crippen molar-refractivity contribution in [1.29, 1.82) is 0 Å². The monoisotopic (exact) mass is 435 g/mol. The van der Waals surface area contributed by atoms with Crippen LogP contribution in [0.15, 0.2) is 46.9 Å². The number of aryl methyl sites for hydroxylation is 2. The first-order chi connectivity index (χ1) is 12.3. The predicted molar refractivity (Wildman–Crippen MR) is 107 cm³/mol. The van der Waals surface area contributed by atoms with E-state index in [-0.39, 0.29) is 17.6 Å². The van der Waals surface area contributed by atoms with E-state index in [4.69, 9.17) is 17.0 Å². The van der Waals surface area contributed by atoms with Crippen molar-refractivity contribution in [2.45, 2.75) is 13.8 Å². The van der Waals surface area contributed by atoms with Crippen LogP contribution in [0.1, 0.15) is 21.5 Å². The third-order valence-electron chi connectivity index (χ3n) is 3.32. The van der Waals surface area contributed by atoms with E-state index >= 15 is 0 Å². The van der Waals surface area contributed by atoms with Crippen molar-refractivity contribution < 1.29 is 14.3 Å². The van der Waals surface area contributed by atoms with Crippen molar-refractivity contribution >= 4 is 45.1 Å². The highest BCUT2D eigenvalue weighted by Crippen LogP contribution is 2.21. The largest absolute Gasteiger partial charge is 0.484 e. The number of hydrogen-bond acceptors (Lipinski definition) is 4. The van der Waals surface area contributed by atoms with Crippen LogP contribution in [0.25, 0.3) is 0 Å². The Morgan fingerprint density at radius 1 is 1.12 bits per heavy atom. The lowest BCUT2D eigenvalue weighted by atomic mass is 10.1. The molecule has 3 N–H and O–H groups in total. The topological polar surface area (TPSA) is 79.5 Å². The van der Waals surface area contributed by atoms with E-state index in [2.05, 4.69) is 32.1 Å². The number of hydrazine groups is 1. The van der Waals surface area contributed by atoms with Crippen LogP contribution in [0.3, 0.4) is 0 Å². The molecule has 0 aliphatic heterocycles. The number of ether oxygens (including phenoxy) is 1. The Balaban J connectivity index is 1.75. The summed E-state index contributed by atoms with van der Waals surface area (Å²) in [6, 6.07) is 12.5. The first-order valence-electron chi connectivity index (χ1n) is 7.71. The van der Waals surface area contributed by atoms with Gasteiger partial charge in [0.25, 0.3) is 11.8 Å². The number of benzene rings is 2. The maximum absolute atomic E-state index is 12.0. The summed E-state index contributed by atoms with van der Waals surface area (Å²) < 4.78 is 6.36. The molecule has 0 aliphatic rings. The maximum Gasteiger partial charge on any atom is 0.276 e. The molecule has 2 rings (SSSR count). The lowest BCUT2D eigenvalue weighted by Crippen LogP contribution is -2.49. The van der Waals surface area contributed by atoms with Gasteiger partial charge in [0.2, 0.25) is 0 Å². The van der Waals surface area contributed by atoms with Gasteiger partial charge >= 0.3 is 0 Å². The van der Waals surface area contributed by atoms with Gasteiger partial charge in [-0.2, -0.15) is 0 Å². The van der Waals surface area contributed by atoms with Crippen LogP contribution in [0, 0.1) is 13.8 Å². The molecule has 6 nitrogen and oxygen atoms in total. The summed E-state index contributed by atoms with van der Waals surface area (Å²) in [4.78, 5) is 23.8. The van der Waals surface area contributed by atoms with Crippen LogP contribution in [0.2, 0.25) is 0 Å². The third kappa shape index (κ3) is 6.12. The fourth-order valence-electron chi connectivity index (χ4n) is 2.01. The zero-order valence-corrected chi connectivity index (χ0v) is 16.7. The van der Waals surface area contributed by atoms with E-state index in [1.807, 2.05) is 32.0 Å². The Hall–Kier alpha value is -2.45. The second kappa shape index (κ2) is 9.30. The molecule has 0 radical (unpaired) electrons.